The SMILES string of the molecule is COc1ccc(/C=C2/N=C(SCc3c(F)cccc3Cl)N(c3ccc(OC(F)F)cc3)C2=O)cc1. The second kappa shape index (κ2) is 10.9. The summed E-state index contributed by atoms with van der Waals surface area (Å²) in [6, 6.07) is 17.1. The van der Waals surface area contributed by atoms with Gasteiger partial charge in [-0.25, -0.2) is 9.38 Å². The van der Waals surface area contributed by atoms with Crippen molar-refractivity contribution in [3.8, 4) is 11.5 Å². The quantitative estimate of drug-likeness (QED) is 0.324. The molecule has 0 radical (unpaired) electrons. The third-order valence-electron chi connectivity index (χ3n) is 4.98. The van der Waals surface area contributed by atoms with Crippen LogP contribution in [0.4, 0.5) is 18.9 Å². The molecule has 1 heterocycles. The number of anilines is 1. The molecule has 1 aliphatic heterocycles. The Kier molecular flexibility index (Phi) is 7.67. The summed E-state index contributed by atoms with van der Waals surface area (Å²) < 4.78 is 48.8. The van der Waals surface area contributed by atoms with Crippen LogP contribution < -0.4 is 14.4 Å². The molecule has 0 atom stereocenters. The number of hydrogen-bond acceptors (Lipinski definition) is 5. The lowest BCUT2D eigenvalue weighted by atomic mass is 10.2. The average molecular weight is 519 g/mol. The fourth-order valence-corrected chi connectivity index (χ4v) is 4.62. The van der Waals surface area contributed by atoms with Crippen LogP contribution in [0.1, 0.15) is 11.1 Å². The summed E-state index contributed by atoms with van der Waals surface area (Å²) in [5.41, 5.74) is 1.55. The Morgan fingerprint density at radius 1 is 1.06 bits per heavy atom. The number of amidine groups is 1. The zero-order valence-electron chi connectivity index (χ0n) is 18.3. The van der Waals surface area contributed by atoms with Crippen molar-refractivity contribution < 1.29 is 27.4 Å². The second-order valence-corrected chi connectivity index (χ2v) is 8.55. The fourth-order valence-electron chi connectivity index (χ4n) is 3.26. The molecule has 0 fully saturated rings. The van der Waals surface area contributed by atoms with Gasteiger partial charge < -0.3 is 9.47 Å². The average Bonchev–Trinajstić information content (AvgIpc) is 3.14. The lowest BCUT2D eigenvalue weighted by molar-refractivity contribution is -0.113. The number of ether oxygens (including phenoxy) is 2. The summed E-state index contributed by atoms with van der Waals surface area (Å²) in [4.78, 5) is 19.1. The summed E-state index contributed by atoms with van der Waals surface area (Å²) in [5.74, 6) is -0.154. The monoisotopic (exact) mass is 518 g/mol. The molecule has 5 nitrogen and oxygen atoms in total. The highest BCUT2D eigenvalue weighted by Gasteiger charge is 2.32. The highest BCUT2D eigenvalue weighted by Crippen LogP contribution is 2.33. The number of benzene rings is 3. The molecule has 0 unspecified atom stereocenters. The van der Waals surface area contributed by atoms with Gasteiger partial charge in [0.05, 0.1) is 12.8 Å². The third kappa shape index (κ3) is 5.80. The number of carbonyl (C=O) groups excluding carboxylic acids is 1. The van der Waals surface area contributed by atoms with Crippen molar-refractivity contribution >= 4 is 46.2 Å². The molecular weight excluding hydrogens is 501 g/mol. The van der Waals surface area contributed by atoms with Crippen LogP contribution in [0.25, 0.3) is 6.08 Å². The molecule has 0 saturated carbocycles. The summed E-state index contributed by atoms with van der Waals surface area (Å²) in [6.07, 6.45) is 1.62. The first-order valence-corrected chi connectivity index (χ1v) is 11.6. The number of hydrogen-bond donors (Lipinski definition) is 0. The Bertz CT molecular complexity index is 1260. The number of carbonyl (C=O) groups is 1. The molecule has 0 aliphatic carbocycles. The first kappa shape index (κ1) is 24.7. The number of nitrogens with zero attached hydrogens (tertiary/aromatic N) is 2. The first-order chi connectivity index (χ1) is 16.9. The Hall–Kier alpha value is -3.43. The van der Waals surface area contributed by atoms with Crippen molar-refractivity contribution in [2.75, 3.05) is 12.0 Å². The van der Waals surface area contributed by atoms with Crippen molar-refractivity contribution in [3.05, 3.63) is 94.4 Å². The molecule has 3 aromatic carbocycles. The number of thioether (sulfide) groups is 1. The number of amides is 1. The lowest BCUT2D eigenvalue weighted by Gasteiger charge is -2.18. The molecule has 0 bridgehead atoms. The van der Waals surface area contributed by atoms with E-state index >= 15 is 0 Å². The van der Waals surface area contributed by atoms with Gasteiger partial charge in [-0.1, -0.05) is 41.6 Å². The highest BCUT2D eigenvalue weighted by molar-refractivity contribution is 8.13. The molecule has 180 valence electrons. The summed E-state index contributed by atoms with van der Waals surface area (Å²) in [5, 5.41) is 0.549. The van der Waals surface area contributed by atoms with Crippen LogP contribution in [0, 0.1) is 5.82 Å². The van der Waals surface area contributed by atoms with Crippen molar-refractivity contribution in [2.45, 2.75) is 12.4 Å². The summed E-state index contributed by atoms with van der Waals surface area (Å²) >= 11 is 7.27. The van der Waals surface area contributed by atoms with E-state index in [1.54, 1.807) is 43.5 Å². The molecule has 4 rings (SSSR count). The van der Waals surface area contributed by atoms with E-state index in [2.05, 4.69) is 9.73 Å². The summed E-state index contributed by atoms with van der Waals surface area (Å²) in [7, 11) is 1.55. The summed E-state index contributed by atoms with van der Waals surface area (Å²) in [6.45, 7) is -2.97. The molecular formula is C25H18ClF3N2O3S. The van der Waals surface area contributed by atoms with Crippen molar-refractivity contribution in [1.82, 2.24) is 0 Å². The minimum absolute atomic E-state index is 0.0475. The molecule has 0 saturated heterocycles. The van der Waals surface area contributed by atoms with Crippen molar-refractivity contribution in [1.29, 1.82) is 0 Å². The van der Waals surface area contributed by atoms with E-state index in [9.17, 15) is 18.0 Å². The Morgan fingerprint density at radius 2 is 1.74 bits per heavy atom. The van der Waals surface area contributed by atoms with Gasteiger partial charge in [-0.05, 0) is 60.2 Å². The minimum Gasteiger partial charge on any atom is -0.497 e. The second-order valence-electron chi connectivity index (χ2n) is 7.20. The highest BCUT2D eigenvalue weighted by atomic mass is 35.5. The van der Waals surface area contributed by atoms with E-state index in [4.69, 9.17) is 16.3 Å². The van der Waals surface area contributed by atoms with E-state index in [0.717, 1.165) is 17.3 Å². The number of alkyl halides is 2. The van der Waals surface area contributed by atoms with Crippen LogP contribution in [-0.2, 0) is 10.5 Å². The molecule has 0 N–H and O–H groups in total. The predicted molar refractivity (Wildman–Crippen MR) is 132 cm³/mol. The van der Waals surface area contributed by atoms with Gasteiger partial charge in [0.25, 0.3) is 5.91 Å². The third-order valence-corrected chi connectivity index (χ3v) is 6.30. The van der Waals surface area contributed by atoms with Crippen LogP contribution in [0.2, 0.25) is 5.02 Å². The zero-order valence-corrected chi connectivity index (χ0v) is 19.8. The predicted octanol–water partition coefficient (Wildman–Crippen LogP) is 6.77. The van der Waals surface area contributed by atoms with Gasteiger partial charge in [0.1, 0.15) is 23.0 Å². The lowest BCUT2D eigenvalue weighted by Crippen LogP contribution is -2.30. The van der Waals surface area contributed by atoms with Crippen LogP contribution in [0.5, 0.6) is 11.5 Å². The van der Waals surface area contributed by atoms with Crippen molar-refractivity contribution in [3.63, 3.8) is 0 Å². The van der Waals surface area contributed by atoms with Crippen LogP contribution in [0.3, 0.4) is 0 Å². The number of methoxy groups -OCH3 is 1. The van der Waals surface area contributed by atoms with Gasteiger partial charge in [0.2, 0.25) is 0 Å². The number of aliphatic imine (C=N–C) groups is 1. The maximum absolute atomic E-state index is 14.3. The topological polar surface area (TPSA) is 51.1 Å². The number of halogens is 4. The van der Waals surface area contributed by atoms with Gasteiger partial charge in [0.15, 0.2) is 5.17 Å². The van der Waals surface area contributed by atoms with Crippen LogP contribution in [0.15, 0.2) is 77.4 Å². The molecule has 1 amide bonds. The first-order valence-electron chi connectivity index (χ1n) is 10.2. The molecule has 3 aromatic rings. The zero-order chi connectivity index (χ0) is 24.9. The molecule has 10 heteroatoms. The molecule has 0 spiro atoms. The van der Waals surface area contributed by atoms with Gasteiger partial charge in [-0.2, -0.15) is 8.78 Å². The van der Waals surface area contributed by atoms with Gasteiger partial charge >= 0.3 is 6.61 Å². The van der Waals surface area contributed by atoms with Crippen molar-refractivity contribution in [2.24, 2.45) is 4.99 Å². The van der Waals surface area contributed by atoms with E-state index in [-0.39, 0.29) is 33.0 Å². The van der Waals surface area contributed by atoms with E-state index in [1.807, 2.05) is 0 Å². The maximum Gasteiger partial charge on any atom is 0.387 e. The molecule has 0 aromatic heterocycles. The smallest absolute Gasteiger partial charge is 0.387 e. The number of rotatable bonds is 7. The van der Waals surface area contributed by atoms with Crippen LogP contribution in [-0.4, -0.2) is 24.8 Å². The Balaban J connectivity index is 1.66. The molecule has 35 heavy (non-hydrogen) atoms. The van der Waals surface area contributed by atoms with E-state index in [0.29, 0.717) is 11.4 Å². The minimum atomic E-state index is -2.97. The van der Waals surface area contributed by atoms with E-state index in [1.165, 1.54) is 41.3 Å². The normalized spacial score (nSPS) is 14.6. The largest absolute Gasteiger partial charge is 0.497 e. The Labute approximate surface area is 208 Å². The van der Waals surface area contributed by atoms with Crippen LogP contribution >= 0.6 is 23.4 Å². The van der Waals surface area contributed by atoms with Gasteiger partial charge in [0, 0.05) is 16.3 Å². The molecule has 1 aliphatic rings. The van der Waals surface area contributed by atoms with Gasteiger partial charge in [-0.3, -0.25) is 9.69 Å². The van der Waals surface area contributed by atoms with E-state index < -0.39 is 18.3 Å². The van der Waals surface area contributed by atoms with Gasteiger partial charge in [-0.15, -0.1) is 0 Å². The standard InChI is InChI=1S/C25H18ClF3N2O3S/c1-33-17-9-5-15(6-10-17)13-22-23(32)31(16-7-11-18(12-8-16)34-24(28)29)25(30-22)35-14-19-20(26)3-2-4-21(19)27/h2-13,24H,14H2,1H3/b22-13+. The maximum atomic E-state index is 14.3. The fraction of sp³-hybridized carbons (Fsp3) is 0.120. The Morgan fingerprint density at radius 3 is 2.37 bits per heavy atom.